The predicted octanol–water partition coefficient (Wildman–Crippen LogP) is 3.41. The van der Waals surface area contributed by atoms with E-state index in [-0.39, 0.29) is 0 Å². The van der Waals surface area contributed by atoms with Crippen molar-refractivity contribution in [3.63, 3.8) is 0 Å². The second kappa shape index (κ2) is 4.94. The SMILES string of the molecule is COc1cccc(-c2ccnc(-c3ncco3)c2)c1. The van der Waals surface area contributed by atoms with Crippen LogP contribution in [0.15, 0.2) is 59.5 Å². The monoisotopic (exact) mass is 252 g/mol. The molecular formula is C15H12N2O2. The van der Waals surface area contributed by atoms with Crippen LogP contribution in [0.5, 0.6) is 5.75 Å². The first-order valence-corrected chi connectivity index (χ1v) is 5.87. The summed E-state index contributed by atoms with van der Waals surface area (Å²) in [5.74, 6) is 1.34. The Bertz CT molecular complexity index is 678. The number of hydrogen-bond donors (Lipinski definition) is 0. The molecule has 0 N–H and O–H groups in total. The molecule has 0 bridgehead atoms. The molecule has 2 heterocycles. The number of benzene rings is 1. The van der Waals surface area contributed by atoms with Crippen molar-refractivity contribution in [2.24, 2.45) is 0 Å². The third-order valence-corrected chi connectivity index (χ3v) is 2.81. The Kier molecular flexibility index (Phi) is 2.98. The normalized spacial score (nSPS) is 10.4. The minimum atomic E-state index is 0.518. The highest BCUT2D eigenvalue weighted by molar-refractivity contribution is 5.68. The van der Waals surface area contributed by atoms with E-state index in [0.717, 1.165) is 16.9 Å². The maximum absolute atomic E-state index is 5.26. The van der Waals surface area contributed by atoms with Gasteiger partial charge in [0, 0.05) is 6.20 Å². The molecule has 2 aromatic heterocycles. The molecule has 19 heavy (non-hydrogen) atoms. The van der Waals surface area contributed by atoms with Crippen molar-refractivity contribution < 1.29 is 9.15 Å². The number of nitrogens with zero attached hydrogens (tertiary/aromatic N) is 2. The summed E-state index contributed by atoms with van der Waals surface area (Å²) >= 11 is 0. The van der Waals surface area contributed by atoms with Crippen molar-refractivity contribution in [2.75, 3.05) is 7.11 Å². The van der Waals surface area contributed by atoms with E-state index in [1.54, 1.807) is 19.5 Å². The lowest BCUT2D eigenvalue weighted by Crippen LogP contribution is -1.87. The molecule has 0 fully saturated rings. The molecule has 0 radical (unpaired) electrons. The highest BCUT2D eigenvalue weighted by atomic mass is 16.5. The van der Waals surface area contributed by atoms with E-state index >= 15 is 0 Å². The molecule has 94 valence electrons. The van der Waals surface area contributed by atoms with Crippen LogP contribution in [0.4, 0.5) is 0 Å². The molecule has 1 aromatic carbocycles. The van der Waals surface area contributed by atoms with Gasteiger partial charge in [0.25, 0.3) is 0 Å². The summed E-state index contributed by atoms with van der Waals surface area (Å²) < 4.78 is 10.5. The molecule has 0 amide bonds. The first kappa shape index (κ1) is 11.5. The quantitative estimate of drug-likeness (QED) is 0.716. The molecule has 0 spiro atoms. The molecule has 0 aliphatic rings. The van der Waals surface area contributed by atoms with Gasteiger partial charge in [0.05, 0.1) is 13.3 Å². The van der Waals surface area contributed by atoms with Crippen LogP contribution >= 0.6 is 0 Å². The zero-order valence-electron chi connectivity index (χ0n) is 10.4. The summed E-state index contributed by atoms with van der Waals surface area (Å²) in [5.41, 5.74) is 2.82. The molecule has 0 aliphatic heterocycles. The lowest BCUT2D eigenvalue weighted by atomic mass is 10.1. The van der Waals surface area contributed by atoms with Crippen molar-refractivity contribution in [3.05, 3.63) is 55.1 Å². The van der Waals surface area contributed by atoms with Crippen LogP contribution in [0.25, 0.3) is 22.7 Å². The third kappa shape index (κ3) is 2.33. The minimum absolute atomic E-state index is 0.518. The number of pyridine rings is 1. The first-order chi connectivity index (χ1) is 9.36. The second-order valence-corrected chi connectivity index (χ2v) is 4.00. The van der Waals surface area contributed by atoms with Crippen LogP contribution < -0.4 is 4.74 Å². The summed E-state index contributed by atoms with van der Waals surface area (Å²) in [6.45, 7) is 0. The van der Waals surface area contributed by atoms with Gasteiger partial charge < -0.3 is 9.15 Å². The molecule has 0 atom stereocenters. The van der Waals surface area contributed by atoms with Gasteiger partial charge in [0.2, 0.25) is 5.89 Å². The van der Waals surface area contributed by atoms with Crippen LogP contribution in [-0.4, -0.2) is 17.1 Å². The molecule has 4 heteroatoms. The van der Waals surface area contributed by atoms with E-state index in [0.29, 0.717) is 11.6 Å². The number of rotatable bonds is 3. The molecule has 0 aliphatic carbocycles. The Hall–Kier alpha value is -2.62. The predicted molar refractivity (Wildman–Crippen MR) is 71.7 cm³/mol. The fourth-order valence-corrected chi connectivity index (χ4v) is 1.88. The zero-order chi connectivity index (χ0) is 13.1. The number of ether oxygens (including phenoxy) is 1. The molecule has 0 saturated carbocycles. The number of methoxy groups -OCH3 is 1. The summed E-state index contributed by atoms with van der Waals surface area (Å²) in [6, 6.07) is 11.8. The standard InChI is InChI=1S/C15H12N2O2/c1-18-13-4-2-3-11(9-13)12-5-6-16-14(10-12)15-17-7-8-19-15/h2-10H,1H3. The van der Waals surface area contributed by atoms with E-state index < -0.39 is 0 Å². The zero-order valence-corrected chi connectivity index (χ0v) is 10.4. The number of hydrogen-bond acceptors (Lipinski definition) is 4. The second-order valence-electron chi connectivity index (χ2n) is 4.00. The Morgan fingerprint density at radius 3 is 2.68 bits per heavy atom. The highest BCUT2D eigenvalue weighted by Crippen LogP contribution is 2.26. The van der Waals surface area contributed by atoms with Gasteiger partial charge in [0.1, 0.15) is 17.7 Å². The van der Waals surface area contributed by atoms with E-state index in [1.807, 2.05) is 36.4 Å². The molecule has 3 rings (SSSR count). The lowest BCUT2D eigenvalue weighted by Gasteiger charge is -2.05. The summed E-state index contributed by atoms with van der Waals surface area (Å²) in [5, 5.41) is 0. The van der Waals surface area contributed by atoms with Crippen LogP contribution in [-0.2, 0) is 0 Å². The first-order valence-electron chi connectivity index (χ1n) is 5.87. The molecule has 3 aromatic rings. The average Bonchev–Trinajstić information content (AvgIpc) is 3.02. The van der Waals surface area contributed by atoms with Gasteiger partial charge in [-0.15, -0.1) is 0 Å². The van der Waals surface area contributed by atoms with Gasteiger partial charge in [-0.1, -0.05) is 12.1 Å². The van der Waals surface area contributed by atoms with Crippen molar-refractivity contribution in [1.29, 1.82) is 0 Å². The smallest absolute Gasteiger partial charge is 0.245 e. The van der Waals surface area contributed by atoms with Gasteiger partial charge in [0.15, 0.2) is 0 Å². The van der Waals surface area contributed by atoms with E-state index in [2.05, 4.69) is 9.97 Å². The fourth-order valence-electron chi connectivity index (χ4n) is 1.88. The van der Waals surface area contributed by atoms with E-state index in [9.17, 15) is 0 Å². The maximum atomic E-state index is 5.26. The third-order valence-electron chi connectivity index (χ3n) is 2.81. The van der Waals surface area contributed by atoms with Crippen molar-refractivity contribution in [3.8, 4) is 28.5 Å². The Morgan fingerprint density at radius 2 is 1.89 bits per heavy atom. The van der Waals surface area contributed by atoms with Crippen LogP contribution in [0.2, 0.25) is 0 Å². The van der Waals surface area contributed by atoms with Crippen molar-refractivity contribution in [1.82, 2.24) is 9.97 Å². The summed E-state index contributed by atoms with van der Waals surface area (Å²) in [4.78, 5) is 8.36. The number of oxazole rings is 1. The Morgan fingerprint density at radius 1 is 1.00 bits per heavy atom. The van der Waals surface area contributed by atoms with Crippen LogP contribution in [0.3, 0.4) is 0 Å². The van der Waals surface area contributed by atoms with Gasteiger partial charge in [-0.3, -0.25) is 4.98 Å². The van der Waals surface area contributed by atoms with E-state index in [1.165, 1.54) is 6.26 Å². The van der Waals surface area contributed by atoms with Gasteiger partial charge >= 0.3 is 0 Å². The van der Waals surface area contributed by atoms with E-state index in [4.69, 9.17) is 9.15 Å². The largest absolute Gasteiger partial charge is 0.497 e. The lowest BCUT2D eigenvalue weighted by molar-refractivity contribution is 0.415. The summed E-state index contributed by atoms with van der Waals surface area (Å²) in [6.07, 6.45) is 4.89. The molecule has 0 saturated heterocycles. The van der Waals surface area contributed by atoms with Gasteiger partial charge in [-0.05, 0) is 35.4 Å². The Labute approximate surface area is 110 Å². The van der Waals surface area contributed by atoms with Crippen molar-refractivity contribution in [2.45, 2.75) is 0 Å². The number of aromatic nitrogens is 2. The maximum Gasteiger partial charge on any atom is 0.245 e. The summed E-state index contributed by atoms with van der Waals surface area (Å²) in [7, 11) is 1.66. The van der Waals surface area contributed by atoms with Gasteiger partial charge in [-0.25, -0.2) is 4.98 Å². The molecule has 0 unspecified atom stereocenters. The highest BCUT2D eigenvalue weighted by Gasteiger charge is 2.06. The topological polar surface area (TPSA) is 48.2 Å². The fraction of sp³-hybridized carbons (Fsp3) is 0.0667. The van der Waals surface area contributed by atoms with Gasteiger partial charge in [-0.2, -0.15) is 0 Å². The minimum Gasteiger partial charge on any atom is -0.497 e. The van der Waals surface area contributed by atoms with Crippen LogP contribution in [0, 0.1) is 0 Å². The Balaban J connectivity index is 2.03. The van der Waals surface area contributed by atoms with Crippen molar-refractivity contribution >= 4 is 0 Å². The molecule has 4 nitrogen and oxygen atoms in total. The molecular weight excluding hydrogens is 240 g/mol. The average molecular weight is 252 g/mol. The van der Waals surface area contributed by atoms with Crippen LogP contribution in [0.1, 0.15) is 0 Å².